The Bertz CT molecular complexity index is 264. The van der Waals surface area contributed by atoms with Crippen LogP contribution in [0, 0.1) is 11.3 Å². The van der Waals surface area contributed by atoms with Crippen LogP contribution in [0.25, 0.3) is 0 Å². The van der Waals surface area contributed by atoms with Gasteiger partial charge in [0.1, 0.15) is 0 Å². The van der Waals surface area contributed by atoms with Crippen molar-refractivity contribution in [1.29, 1.82) is 0 Å². The summed E-state index contributed by atoms with van der Waals surface area (Å²) >= 11 is 0. The molecule has 1 saturated carbocycles. The number of hydrogen-bond acceptors (Lipinski definition) is 1. The maximum atomic E-state index is 9.99. The number of rotatable bonds is 0. The zero-order valence-electron chi connectivity index (χ0n) is 8.46. The van der Waals surface area contributed by atoms with E-state index >= 15 is 0 Å². The van der Waals surface area contributed by atoms with Crippen LogP contribution in [0.5, 0.6) is 0 Å². The summed E-state index contributed by atoms with van der Waals surface area (Å²) in [5.74, 6) is 0.651. The summed E-state index contributed by atoms with van der Waals surface area (Å²) in [6, 6.07) is 0. The van der Waals surface area contributed by atoms with Crippen molar-refractivity contribution in [1.82, 2.24) is 0 Å². The molecule has 72 valence electrons. The van der Waals surface area contributed by atoms with E-state index in [4.69, 9.17) is 0 Å². The van der Waals surface area contributed by atoms with E-state index in [0.29, 0.717) is 5.92 Å². The molecule has 0 amide bonds. The second-order valence-corrected chi connectivity index (χ2v) is 4.57. The standard InChI is InChI=1S/C12H18O/c1-9-6-7-11(13)12(2)8-4-3-5-10(9)12/h4-5,8-9,11,13H,3,6-7H2,1-2H3/t9?,11-,12-/m0/s1. The molecule has 1 nitrogen and oxygen atoms in total. The highest BCUT2D eigenvalue weighted by Gasteiger charge is 2.40. The molecule has 0 aromatic heterocycles. The van der Waals surface area contributed by atoms with Gasteiger partial charge in [-0.05, 0) is 32.1 Å². The normalized spacial score (nSPS) is 44.1. The van der Waals surface area contributed by atoms with Gasteiger partial charge in [-0.15, -0.1) is 0 Å². The number of hydrogen-bond donors (Lipinski definition) is 1. The van der Waals surface area contributed by atoms with Gasteiger partial charge in [0.15, 0.2) is 0 Å². The molecule has 0 bridgehead atoms. The maximum absolute atomic E-state index is 9.99. The maximum Gasteiger partial charge on any atom is 0.0665 e. The third-order valence-electron chi connectivity index (χ3n) is 3.66. The Morgan fingerprint density at radius 1 is 1.46 bits per heavy atom. The molecule has 1 N–H and O–H groups in total. The Morgan fingerprint density at radius 3 is 2.92 bits per heavy atom. The quantitative estimate of drug-likeness (QED) is 0.565. The van der Waals surface area contributed by atoms with Crippen molar-refractivity contribution in [2.45, 2.75) is 39.2 Å². The molecule has 2 aliphatic carbocycles. The molecule has 2 aliphatic rings. The van der Waals surface area contributed by atoms with E-state index in [0.717, 1.165) is 19.3 Å². The van der Waals surface area contributed by atoms with Gasteiger partial charge in [0.2, 0.25) is 0 Å². The predicted molar refractivity (Wildman–Crippen MR) is 54.4 cm³/mol. The first-order valence-corrected chi connectivity index (χ1v) is 5.21. The highest BCUT2D eigenvalue weighted by atomic mass is 16.3. The molecule has 0 spiro atoms. The Kier molecular flexibility index (Phi) is 2.07. The Labute approximate surface area is 80.2 Å². The van der Waals surface area contributed by atoms with Gasteiger partial charge in [-0.25, -0.2) is 0 Å². The van der Waals surface area contributed by atoms with E-state index in [-0.39, 0.29) is 11.5 Å². The van der Waals surface area contributed by atoms with E-state index in [1.54, 1.807) is 0 Å². The topological polar surface area (TPSA) is 20.2 Å². The van der Waals surface area contributed by atoms with E-state index in [2.05, 4.69) is 32.1 Å². The number of aliphatic hydroxyl groups is 1. The van der Waals surface area contributed by atoms with Crippen molar-refractivity contribution in [2.75, 3.05) is 0 Å². The number of aliphatic hydroxyl groups excluding tert-OH is 1. The molecule has 0 aliphatic heterocycles. The molecule has 1 unspecified atom stereocenters. The second kappa shape index (κ2) is 2.98. The fraction of sp³-hybridized carbons (Fsp3) is 0.667. The van der Waals surface area contributed by atoms with Crippen molar-refractivity contribution in [3.8, 4) is 0 Å². The first kappa shape index (κ1) is 9.01. The van der Waals surface area contributed by atoms with Gasteiger partial charge < -0.3 is 5.11 Å². The lowest BCUT2D eigenvalue weighted by atomic mass is 9.63. The van der Waals surface area contributed by atoms with Crippen LogP contribution in [-0.4, -0.2) is 11.2 Å². The lowest BCUT2D eigenvalue weighted by Gasteiger charge is -2.43. The molecule has 3 atom stereocenters. The number of allylic oxidation sites excluding steroid dienone is 2. The Hall–Kier alpha value is -0.560. The van der Waals surface area contributed by atoms with E-state index in [1.165, 1.54) is 5.57 Å². The second-order valence-electron chi connectivity index (χ2n) is 4.57. The first-order valence-electron chi connectivity index (χ1n) is 5.21. The van der Waals surface area contributed by atoms with Crippen molar-refractivity contribution in [3.63, 3.8) is 0 Å². The molecule has 0 heterocycles. The molecule has 0 aromatic rings. The molecule has 13 heavy (non-hydrogen) atoms. The molecule has 1 heteroatoms. The van der Waals surface area contributed by atoms with Gasteiger partial charge in [-0.3, -0.25) is 0 Å². The molecular formula is C12H18O. The van der Waals surface area contributed by atoms with Crippen molar-refractivity contribution in [2.24, 2.45) is 11.3 Å². The molecule has 0 radical (unpaired) electrons. The molecular weight excluding hydrogens is 160 g/mol. The summed E-state index contributed by atoms with van der Waals surface area (Å²) in [5.41, 5.74) is 1.39. The van der Waals surface area contributed by atoms with Crippen molar-refractivity contribution >= 4 is 0 Å². The van der Waals surface area contributed by atoms with Crippen LogP contribution in [0.15, 0.2) is 23.8 Å². The zero-order chi connectivity index (χ0) is 9.47. The van der Waals surface area contributed by atoms with Gasteiger partial charge in [0, 0.05) is 5.41 Å². The van der Waals surface area contributed by atoms with Crippen molar-refractivity contribution < 1.29 is 5.11 Å². The van der Waals surface area contributed by atoms with Crippen LogP contribution in [0.2, 0.25) is 0 Å². The lowest BCUT2D eigenvalue weighted by molar-refractivity contribution is 0.0524. The van der Waals surface area contributed by atoms with Gasteiger partial charge >= 0.3 is 0 Å². The third-order valence-corrected chi connectivity index (χ3v) is 3.66. The van der Waals surface area contributed by atoms with Crippen LogP contribution in [0.1, 0.15) is 33.1 Å². The minimum atomic E-state index is -0.175. The van der Waals surface area contributed by atoms with E-state index in [1.807, 2.05) is 0 Å². The minimum Gasteiger partial charge on any atom is -0.392 e. The van der Waals surface area contributed by atoms with Gasteiger partial charge in [0.25, 0.3) is 0 Å². The van der Waals surface area contributed by atoms with E-state index < -0.39 is 0 Å². The predicted octanol–water partition coefficient (Wildman–Crippen LogP) is 2.67. The van der Waals surface area contributed by atoms with Gasteiger partial charge in [-0.2, -0.15) is 0 Å². The van der Waals surface area contributed by atoms with Crippen LogP contribution in [0.3, 0.4) is 0 Å². The summed E-state index contributed by atoms with van der Waals surface area (Å²) in [6.45, 7) is 4.43. The first-order chi connectivity index (χ1) is 6.14. The fourth-order valence-corrected chi connectivity index (χ4v) is 2.72. The van der Waals surface area contributed by atoms with Gasteiger partial charge in [0.05, 0.1) is 6.10 Å². The van der Waals surface area contributed by atoms with Crippen molar-refractivity contribution in [3.05, 3.63) is 23.8 Å². The van der Waals surface area contributed by atoms with Crippen LogP contribution in [0.4, 0.5) is 0 Å². The Balaban J connectivity index is 2.37. The van der Waals surface area contributed by atoms with E-state index in [9.17, 15) is 5.11 Å². The molecule has 2 rings (SSSR count). The average molecular weight is 178 g/mol. The smallest absolute Gasteiger partial charge is 0.0665 e. The summed E-state index contributed by atoms with van der Waals surface area (Å²) in [4.78, 5) is 0. The van der Waals surface area contributed by atoms with Crippen LogP contribution < -0.4 is 0 Å². The summed E-state index contributed by atoms with van der Waals surface area (Å²) in [5, 5.41) is 9.99. The monoisotopic (exact) mass is 178 g/mol. The zero-order valence-corrected chi connectivity index (χ0v) is 8.46. The van der Waals surface area contributed by atoms with Gasteiger partial charge in [-0.1, -0.05) is 30.7 Å². The van der Waals surface area contributed by atoms with Crippen LogP contribution >= 0.6 is 0 Å². The van der Waals surface area contributed by atoms with Crippen LogP contribution in [-0.2, 0) is 0 Å². The highest BCUT2D eigenvalue weighted by Crippen LogP contribution is 2.46. The SMILES string of the molecule is CC1CC[C@H](O)[C@@]2(C)C=CCC=C12. The molecule has 1 fully saturated rings. The Morgan fingerprint density at radius 2 is 2.23 bits per heavy atom. The fourth-order valence-electron chi connectivity index (χ4n) is 2.72. The molecule has 0 saturated heterocycles. The largest absolute Gasteiger partial charge is 0.392 e. The minimum absolute atomic E-state index is 0.0596. The molecule has 0 aromatic carbocycles. The summed E-state index contributed by atoms with van der Waals surface area (Å²) in [6.07, 6.45) is 9.62. The third kappa shape index (κ3) is 1.26. The lowest BCUT2D eigenvalue weighted by Crippen LogP contribution is -2.39. The average Bonchev–Trinajstić information content (AvgIpc) is 2.12. The summed E-state index contributed by atoms with van der Waals surface area (Å²) in [7, 11) is 0. The highest BCUT2D eigenvalue weighted by molar-refractivity contribution is 5.31. The summed E-state index contributed by atoms with van der Waals surface area (Å²) < 4.78 is 0. The number of fused-ring (bicyclic) bond motifs is 1.